The molecule has 7 heteroatoms. The summed E-state index contributed by atoms with van der Waals surface area (Å²) >= 11 is 0. The number of anilines is 1. The van der Waals surface area contributed by atoms with Crippen molar-refractivity contribution in [1.29, 1.82) is 0 Å². The van der Waals surface area contributed by atoms with Crippen LogP contribution in [-0.4, -0.2) is 15.8 Å². The maximum atomic E-state index is 12.2. The Morgan fingerprint density at radius 1 is 1.38 bits per heavy atom. The number of nitrogens with zero attached hydrogens (tertiary/aromatic N) is 2. The number of nitrogens with two attached hydrogens (primary N) is 1. The van der Waals surface area contributed by atoms with E-state index < -0.39 is 10.8 Å². The Kier molecular flexibility index (Phi) is 4.13. The lowest BCUT2D eigenvalue weighted by molar-refractivity contribution is -0.385. The number of nitrogen functional groups attached to an aromatic ring is 1. The molecule has 1 heterocycles. The van der Waals surface area contributed by atoms with Crippen molar-refractivity contribution in [2.75, 3.05) is 5.73 Å². The summed E-state index contributed by atoms with van der Waals surface area (Å²) in [6.45, 7) is 1.81. The topological polar surface area (TPSA) is 111 Å². The van der Waals surface area contributed by atoms with Gasteiger partial charge in [-0.1, -0.05) is 30.3 Å². The number of hydrogen-bond donors (Lipinski definition) is 2. The van der Waals surface area contributed by atoms with E-state index in [1.54, 1.807) is 0 Å². The van der Waals surface area contributed by atoms with Crippen LogP contribution < -0.4 is 11.1 Å². The zero-order valence-electron chi connectivity index (χ0n) is 11.3. The van der Waals surface area contributed by atoms with Gasteiger partial charge in [0.1, 0.15) is 12.0 Å². The van der Waals surface area contributed by atoms with E-state index in [1.807, 2.05) is 37.3 Å². The summed E-state index contributed by atoms with van der Waals surface area (Å²) in [4.78, 5) is 25.9. The van der Waals surface area contributed by atoms with Gasteiger partial charge < -0.3 is 11.1 Å². The smallest absolute Gasteiger partial charge is 0.288 e. The van der Waals surface area contributed by atoms with Gasteiger partial charge in [0.05, 0.1) is 16.5 Å². The van der Waals surface area contributed by atoms with Crippen LogP contribution in [0.4, 0.5) is 11.5 Å². The molecule has 2 aromatic rings. The number of carbonyl (C=O) groups excluding carboxylic acids is 1. The third-order valence-electron chi connectivity index (χ3n) is 3.01. The number of rotatable bonds is 4. The lowest BCUT2D eigenvalue weighted by Crippen LogP contribution is -2.27. The Morgan fingerprint density at radius 2 is 2.05 bits per heavy atom. The highest BCUT2D eigenvalue weighted by molar-refractivity contribution is 5.99. The van der Waals surface area contributed by atoms with Crippen LogP contribution in [0.25, 0.3) is 0 Å². The quantitative estimate of drug-likeness (QED) is 0.660. The van der Waals surface area contributed by atoms with Gasteiger partial charge >= 0.3 is 0 Å². The molecule has 1 aromatic carbocycles. The minimum Gasteiger partial charge on any atom is -0.383 e. The van der Waals surface area contributed by atoms with Crippen LogP contribution in [0.2, 0.25) is 0 Å². The standard InChI is InChI=1S/C14H14N4O3/c1-9(10-5-3-2-4-6-10)17-14(19)12-7-11(18(20)21)8-16-13(12)15/h2-9H,1H3,(H2,15,16)(H,17,19). The summed E-state index contributed by atoms with van der Waals surface area (Å²) in [6, 6.07) is 10.2. The zero-order chi connectivity index (χ0) is 15.4. The highest BCUT2D eigenvalue weighted by Crippen LogP contribution is 2.18. The molecule has 108 valence electrons. The Balaban J connectivity index is 2.21. The van der Waals surface area contributed by atoms with E-state index in [0.717, 1.165) is 17.8 Å². The number of amides is 1. The second kappa shape index (κ2) is 6.00. The fourth-order valence-corrected chi connectivity index (χ4v) is 1.85. The van der Waals surface area contributed by atoms with Crippen molar-refractivity contribution in [3.8, 4) is 0 Å². The highest BCUT2D eigenvalue weighted by Gasteiger charge is 2.18. The second-order valence-electron chi connectivity index (χ2n) is 4.49. The first-order valence-corrected chi connectivity index (χ1v) is 6.24. The maximum absolute atomic E-state index is 12.2. The van der Waals surface area contributed by atoms with Gasteiger partial charge in [0.15, 0.2) is 0 Å². The Hall–Kier alpha value is -2.96. The minimum absolute atomic E-state index is 0.00742. The Morgan fingerprint density at radius 3 is 2.67 bits per heavy atom. The lowest BCUT2D eigenvalue weighted by Gasteiger charge is -2.14. The van der Waals surface area contributed by atoms with Crippen molar-refractivity contribution < 1.29 is 9.72 Å². The summed E-state index contributed by atoms with van der Waals surface area (Å²) in [6.07, 6.45) is 1.02. The van der Waals surface area contributed by atoms with Crippen molar-refractivity contribution in [3.63, 3.8) is 0 Å². The Bertz CT molecular complexity index is 673. The van der Waals surface area contributed by atoms with Gasteiger partial charge in [-0.2, -0.15) is 0 Å². The third kappa shape index (κ3) is 3.33. The number of nitrogens with one attached hydrogen (secondary N) is 1. The second-order valence-corrected chi connectivity index (χ2v) is 4.49. The molecule has 21 heavy (non-hydrogen) atoms. The maximum Gasteiger partial charge on any atom is 0.288 e. The highest BCUT2D eigenvalue weighted by atomic mass is 16.6. The molecule has 1 amide bonds. The van der Waals surface area contributed by atoms with Crippen LogP contribution in [0.1, 0.15) is 28.9 Å². The van der Waals surface area contributed by atoms with E-state index in [1.165, 1.54) is 0 Å². The third-order valence-corrected chi connectivity index (χ3v) is 3.01. The summed E-state index contributed by atoms with van der Waals surface area (Å²) in [5, 5.41) is 13.5. The van der Waals surface area contributed by atoms with Crippen molar-refractivity contribution >= 4 is 17.4 Å². The van der Waals surface area contributed by atoms with E-state index in [9.17, 15) is 14.9 Å². The van der Waals surface area contributed by atoms with Gasteiger partial charge in [-0.25, -0.2) is 4.98 Å². The molecule has 0 aliphatic carbocycles. The molecule has 1 aromatic heterocycles. The van der Waals surface area contributed by atoms with Gasteiger partial charge in [-0.15, -0.1) is 0 Å². The van der Waals surface area contributed by atoms with Crippen molar-refractivity contribution in [1.82, 2.24) is 10.3 Å². The first-order valence-electron chi connectivity index (χ1n) is 6.24. The molecule has 2 rings (SSSR count). The molecular weight excluding hydrogens is 272 g/mol. The lowest BCUT2D eigenvalue weighted by atomic mass is 10.1. The van der Waals surface area contributed by atoms with Crippen LogP contribution in [0, 0.1) is 10.1 Å². The molecule has 0 radical (unpaired) electrons. The zero-order valence-corrected chi connectivity index (χ0v) is 11.3. The average molecular weight is 286 g/mol. The number of nitro groups is 1. The SMILES string of the molecule is CC(NC(=O)c1cc([N+](=O)[O-])cnc1N)c1ccccc1. The monoisotopic (exact) mass is 286 g/mol. The fourth-order valence-electron chi connectivity index (χ4n) is 1.85. The van der Waals surface area contributed by atoms with Crippen molar-refractivity contribution in [3.05, 3.63) is 63.8 Å². The van der Waals surface area contributed by atoms with E-state index in [4.69, 9.17) is 5.73 Å². The first-order chi connectivity index (χ1) is 9.99. The molecule has 1 atom stereocenters. The van der Waals surface area contributed by atoms with Crippen molar-refractivity contribution in [2.24, 2.45) is 0 Å². The van der Waals surface area contributed by atoms with Gasteiger partial charge in [0.2, 0.25) is 0 Å². The molecule has 0 saturated carbocycles. The van der Waals surface area contributed by atoms with Gasteiger partial charge in [0, 0.05) is 6.07 Å². The van der Waals surface area contributed by atoms with E-state index in [-0.39, 0.29) is 23.1 Å². The van der Waals surface area contributed by atoms with Gasteiger partial charge in [0.25, 0.3) is 11.6 Å². The van der Waals surface area contributed by atoms with Crippen molar-refractivity contribution in [2.45, 2.75) is 13.0 Å². The molecule has 0 saturated heterocycles. The summed E-state index contributed by atoms with van der Waals surface area (Å²) in [5.41, 5.74) is 6.25. The number of benzene rings is 1. The normalized spacial score (nSPS) is 11.7. The van der Waals surface area contributed by atoms with Crippen LogP contribution >= 0.6 is 0 Å². The number of carbonyl (C=O) groups is 1. The van der Waals surface area contributed by atoms with Crippen LogP contribution in [0.3, 0.4) is 0 Å². The summed E-state index contributed by atoms with van der Waals surface area (Å²) < 4.78 is 0. The molecule has 0 fully saturated rings. The predicted octanol–water partition coefficient (Wildman–Crippen LogP) is 2.06. The number of hydrogen-bond acceptors (Lipinski definition) is 5. The number of pyridine rings is 1. The molecule has 0 aliphatic rings. The van der Waals surface area contributed by atoms with E-state index in [2.05, 4.69) is 10.3 Å². The molecule has 0 aliphatic heterocycles. The molecule has 0 spiro atoms. The summed E-state index contributed by atoms with van der Waals surface area (Å²) in [5.74, 6) is -0.543. The molecule has 3 N–H and O–H groups in total. The van der Waals surface area contributed by atoms with Crippen LogP contribution in [0.15, 0.2) is 42.6 Å². The molecule has 1 unspecified atom stereocenters. The average Bonchev–Trinajstić information content (AvgIpc) is 2.48. The largest absolute Gasteiger partial charge is 0.383 e. The molecule has 0 bridgehead atoms. The van der Waals surface area contributed by atoms with Gasteiger partial charge in [-0.3, -0.25) is 14.9 Å². The predicted molar refractivity (Wildman–Crippen MR) is 77.6 cm³/mol. The van der Waals surface area contributed by atoms with Gasteiger partial charge in [-0.05, 0) is 12.5 Å². The minimum atomic E-state index is -0.621. The first kappa shape index (κ1) is 14.4. The van der Waals surface area contributed by atoms with E-state index in [0.29, 0.717) is 0 Å². The summed E-state index contributed by atoms with van der Waals surface area (Å²) in [7, 11) is 0. The van der Waals surface area contributed by atoms with Crippen LogP contribution in [0.5, 0.6) is 0 Å². The van der Waals surface area contributed by atoms with E-state index >= 15 is 0 Å². The molecule has 7 nitrogen and oxygen atoms in total. The molecular formula is C14H14N4O3. The van der Waals surface area contributed by atoms with Crippen LogP contribution in [-0.2, 0) is 0 Å². The number of aromatic nitrogens is 1. The Labute approximate surface area is 121 Å². The fraction of sp³-hybridized carbons (Fsp3) is 0.143.